The zero-order valence-electron chi connectivity index (χ0n) is 20.8. The van der Waals surface area contributed by atoms with Gasteiger partial charge in [-0.2, -0.15) is 4.98 Å². The first kappa shape index (κ1) is 28.5. The minimum Gasteiger partial charge on any atom is -0.369 e. The van der Waals surface area contributed by atoms with Gasteiger partial charge in [-0.15, -0.1) is 0 Å². The molecule has 2 aliphatic rings. The number of alkyl halides is 1. The number of ether oxygens (including phenoxy) is 2. The van der Waals surface area contributed by atoms with Crippen LogP contribution in [0.25, 0.3) is 22.3 Å². The van der Waals surface area contributed by atoms with Gasteiger partial charge in [0.05, 0.1) is 38.3 Å². The third-order valence-electron chi connectivity index (χ3n) is 6.79. The van der Waals surface area contributed by atoms with Crippen LogP contribution in [0.3, 0.4) is 0 Å². The van der Waals surface area contributed by atoms with Crippen LogP contribution < -0.4 is 16.9 Å². The molecule has 6 rings (SSSR count). The van der Waals surface area contributed by atoms with Crippen LogP contribution in [-0.2, 0) is 27.2 Å². The molecular weight excluding hydrogens is 607 g/mol. The molecule has 4 aromatic heterocycles. The highest BCUT2D eigenvalue weighted by molar-refractivity contribution is 7.75. The smallest absolute Gasteiger partial charge is 0.280 e. The zero-order valence-corrected chi connectivity index (χ0v) is 23.9. The van der Waals surface area contributed by atoms with Crippen molar-refractivity contribution in [2.24, 2.45) is 5.92 Å². The van der Waals surface area contributed by atoms with Crippen LogP contribution in [0.1, 0.15) is 18.9 Å². The van der Waals surface area contributed by atoms with E-state index in [1.54, 1.807) is 4.57 Å². The van der Waals surface area contributed by atoms with Crippen molar-refractivity contribution in [2.75, 3.05) is 18.9 Å². The lowest BCUT2D eigenvalue weighted by Crippen LogP contribution is -2.29. The van der Waals surface area contributed by atoms with Crippen molar-refractivity contribution in [3.05, 3.63) is 39.7 Å². The van der Waals surface area contributed by atoms with Gasteiger partial charge in [0.15, 0.2) is 56.2 Å². The van der Waals surface area contributed by atoms with Gasteiger partial charge in [0.2, 0.25) is 5.95 Å². The van der Waals surface area contributed by atoms with Crippen molar-refractivity contribution in [3.63, 3.8) is 0 Å². The van der Waals surface area contributed by atoms with Gasteiger partial charge in [0, 0.05) is 21.8 Å². The second-order valence-corrected chi connectivity index (χ2v) is 10.4. The van der Waals surface area contributed by atoms with Crippen LogP contribution in [0.2, 0.25) is 0 Å². The molecule has 0 aromatic carbocycles. The Morgan fingerprint density at radius 3 is 2.71 bits per heavy atom. The van der Waals surface area contributed by atoms with Gasteiger partial charge in [0.25, 0.3) is 11.1 Å². The molecule has 2 aliphatic heterocycles. The summed E-state index contributed by atoms with van der Waals surface area (Å²) in [4.78, 5) is 45.4. The average molecular weight is 631 g/mol. The third-order valence-corrected chi connectivity index (χ3v) is 7.84. The maximum absolute atomic E-state index is 15.2. The molecule has 220 valence electrons. The van der Waals surface area contributed by atoms with E-state index in [9.17, 15) is 9.59 Å². The summed E-state index contributed by atoms with van der Waals surface area (Å²) in [5.41, 5.74) is 5.44. The van der Waals surface area contributed by atoms with Gasteiger partial charge in [-0.25, -0.2) is 19.3 Å². The van der Waals surface area contributed by atoms with Crippen LogP contribution in [0, 0.1) is 5.92 Å². The van der Waals surface area contributed by atoms with E-state index < -0.39 is 45.6 Å². The van der Waals surface area contributed by atoms with E-state index in [2.05, 4.69) is 52.3 Å². The number of H-pyrrole nitrogens is 2. The summed E-state index contributed by atoms with van der Waals surface area (Å²) < 4.78 is 51.7. The Kier molecular flexibility index (Phi) is 8.31. The number of hydrogen-bond donors (Lipinski definition) is 4. The third kappa shape index (κ3) is 5.37. The number of fused-ring (bicyclic) bond motifs is 2. The molecule has 2 fully saturated rings. The second kappa shape index (κ2) is 11.9. The Morgan fingerprint density at radius 2 is 1.93 bits per heavy atom. The molecule has 4 N–H and O–H groups in total. The first-order chi connectivity index (χ1) is 19.9. The number of anilines is 1. The quantitative estimate of drug-likeness (QED) is 0.0815. The Hall–Kier alpha value is -2.60. The number of hydrogen-bond acceptors (Lipinski definition) is 14. The highest BCUT2D eigenvalue weighted by Crippen LogP contribution is 2.40. The zero-order chi connectivity index (χ0) is 28.7. The molecule has 3 unspecified atom stereocenters. The van der Waals surface area contributed by atoms with E-state index in [0.717, 1.165) is 0 Å². The summed E-state index contributed by atoms with van der Waals surface area (Å²) >= 11 is 3.79. The summed E-state index contributed by atoms with van der Waals surface area (Å²) in [7, 11) is 1.59. The number of aromatic nitrogens is 8. The van der Waals surface area contributed by atoms with E-state index in [0.29, 0.717) is 12.1 Å². The second-order valence-electron chi connectivity index (χ2n) is 9.21. The Morgan fingerprint density at radius 1 is 1.15 bits per heavy atom. The van der Waals surface area contributed by atoms with Gasteiger partial charge in [0.1, 0.15) is 6.23 Å². The number of aromatic amines is 2. The lowest BCUT2D eigenvalue weighted by atomic mass is 10.0. The highest BCUT2D eigenvalue weighted by Gasteiger charge is 2.49. The lowest BCUT2D eigenvalue weighted by molar-refractivity contribution is -0.113. The van der Waals surface area contributed by atoms with Gasteiger partial charge in [-0.1, -0.05) is 0 Å². The largest absolute Gasteiger partial charge is 0.369 e. The Balaban J connectivity index is 1.08. The molecule has 0 amide bonds. The number of halogens is 1. The molecule has 0 radical (unpaired) electrons. The number of nitrogens with one attached hydrogen (secondary N) is 2. The maximum atomic E-state index is 15.2. The molecule has 0 saturated carbocycles. The summed E-state index contributed by atoms with van der Waals surface area (Å²) in [6, 6.07) is 0. The summed E-state index contributed by atoms with van der Waals surface area (Å²) in [6.07, 6.45) is -1.66. The van der Waals surface area contributed by atoms with Crippen molar-refractivity contribution < 1.29 is 31.6 Å². The first-order valence-electron chi connectivity index (χ1n) is 12.1. The SMILES string of the molecule is Nc1nc2c(ncn2[C@@H]2OC(OPOC[C@H]3C[C@H](n4cnc5c(=O)[nH]cnc54)O[C@@H]3COP)[C@@H](F)[C@H]2OS)c(=O)[nH]1. The number of nitrogen functional groups attached to an aromatic ring is 1. The molecule has 21 heteroatoms. The van der Waals surface area contributed by atoms with Crippen molar-refractivity contribution in [1.29, 1.82) is 0 Å². The van der Waals surface area contributed by atoms with Crippen LogP contribution in [0.15, 0.2) is 28.6 Å². The molecular formula is C20H24FN9O8P2S. The van der Waals surface area contributed by atoms with E-state index in [4.69, 9.17) is 33.0 Å². The van der Waals surface area contributed by atoms with E-state index in [1.807, 2.05) is 0 Å². The van der Waals surface area contributed by atoms with E-state index in [-0.39, 0.29) is 53.4 Å². The van der Waals surface area contributed by atoms with E-state index >= 15 is 4.39 Å². The molecule has 9 atom stereocenters. The van der Waals surface area contributed by atoms with Gasteiger partial charge < -0.3 is 37.9 Å². The Labute approximate surface area is 238 Å². The normalized spacial score (nSPS) is 28.6. The molecule has 0 aliphatic carbocycles. The molecule has 2 saturated heterocycles. The monoisotopic (exact) mass is 631 g/mol. The number of thiol groups is 1. The maximum Gasteiger partial charge on any atom is 0.280 e. The van der Waals surface area contributed by atoms with E-state index in [1.165, 1.54) is 23.5 Å². The topological polar surface area (TPSA) is 209 Å². The molecule has 4 aromatic rings. The van der Waals surface area contributed by atoms with Crippen LogP contribution >= 0.6 is 31.4 Å². The first-order valence-corrected chi connectivity index (χ1v) is 13.8. The lowest BCUT2D eigenvalue weighted by Gasteiger charge is -2.18. The fourth-order valence-corrected chi connectivity index (χ4v) is 5.90. The van der Waals surface area contributed by atoms with Crippen LogP contribution in [0.5, 0.6) is 0 Å². The predicted octanol–water partition coefficient (Wildman–Crippen LogP) is 0.510. The number of rotatable bonds is 10. The minimum atomic E-state index is -1.76. The molecule has 17 nitrogen and oxygen atoms in total. The van der Waals surface area contributed by atoms with Gasteiger partial charge in [-0.05, 0) is 12.9 Å². The van der Waals surface area contributed by atoms with Gasteiger partial charge in [-0.3, -0.25) is 23.7 Å². The molecule has 0 spiro atoms. The van der Waals surface area contributed by atoms with Crippen molar-refractivity contribution in [3.8, 4) is 0 Å². The van der Waals surface area contributed by atoms with Crippen molar-refractivity contribution in [2.45, 2.75) is 43.5 Å². The predicted molar refractivity (Wildman–Crippen MR) is 146 cm³/mol. The number of imidazole rings is 2. The molecule has 41 heavy (non-hydrogen) atoms. The highest BCUT2D eigenvalue weighted by atomic mass is 32.1. The summed E-state index contributed by atoms with van der Waals surface area (Å²) in [6.45, 7) is 0.465. The minimum absolute atomic E-state index is 0.00179. The number of nitrogens with two attached hydrogens (primary N) is 1. The van der Waals surface area contributed by atoms with Gasteiger partial charge >= 0.3 is 0 Å². The average Bonchev–Trinajstić information content (AvgIpc) is 3.72. The standard InChI is InChI=1S/C20H24FN9O8P2S/c21-10-13(38-41)18(30-6-26-12-15(30)27-20(22)28-17(12)32)36-19(10)37-40-34-2-7-1-9(35-8(7)3-33-39)29-5-25-11-14(29)23-4-24-16(11)31/h4-10,13,18-19,40-41H,1-3,39H2,(H,23,24,31)(H3,22,27,28,32)/t7-,8-,9-,10+,13-,18-,19?/m1/s1. The van der Waals surface area contributed by atoms with Crippen molar-refractivity contribution in [1.82, 2.24) is 39.0 Å². The fourth-order valence-electron chi connectivity index (χ4n) is 4.86. The van der Waals surface area contributed by atoms with Crippen LogP contribution in [0.4, 0.5) is 10.3 Å². The Bertz CT molecular complexity index is 1650. The number of nitrogens with zero attached hydrogens (tertiary/aromatic N) is 6. The summed E-state index contributed by atoms with van der Waals surface area (Å²) in [5.74, 6) is -0.269. The fraction of sp³-hybridized carbons (Fsp3) is 0.500. The summed E-state index contributed by atoms with van der Waals surface area (Å²) in [5, 5.41) is 0. The molecule has 0 bridgehead atoms. The van der Waals surface area contributed by atoms with Crippen molar-refractivity contribution >= 4 is 59.7 Å². The van der Waals surface area contributed by atoms with Crippen LogP contribution in [-0.4, -0.2) is 76.9 Å². The molecule has 6 heterocycles.